The van der Waals surface area contributed by atoms with Crippen molar-refractivity contribution in [2.75, 3.05) is 5.32 Å². The number of para-hydroxylation sites is 3. The molecule has 0 fully saturated rings. The number of anilines is 1. The molecule has 3 aromatic carbocycles. The van der Waals surface area contributed by atoms with E-state index >= 15 is 0 Å². The molecule has 1 aromatic heterocycles. The number of hydrogen-bond acceptors (Lipinski definition) is 3. The van der Waals surface area contributed by atoms with Gasteiger partial charge in [0.2, 0.25) is 5.91 Å². The fourth-order valence-electron chi connectivity index (χ4n) is 3.09. The molecule has 4 rings (SSSR count). The molecule has 0 aliphatic carbocycles. The number of halogens is 1. The summed E-state index contributed by atoms with van der Waals surface area (Å²) in [6.07, 6.45) is 0. The van der Waals surface area contributed by atoms with Gasteiger partial charge in [-0.2, -0.15) is 0 Å². The molecule has 0 atom stereocenters. The van der Waals surface area contributed by atoms with E-state index in [0.717, 1.165) is 26.9 Å². The highest BCUT2D eigenvalue weighted by atomic mass is 79.9. The number of ether oxygens (including phenoxy) is 1. The fraction of sp³-hybridized carbons (Fsp3) is 0.130. The summed E-state index contributed by atoms with van der Waals surface area (Å²) < 4.78 is 8.65. The highest BCUT2D eigenvalue weighted by Gasteiger charge is 2.15. The van der Waals surface area contributed by atoms with E-state index in [2.05, 4.69) is 26.2 Å². The molecule has 0 spiro atoms. The van der Waals surface area contributed by atoms with Crippen LogP contribution >= 0.6 is 15.9 Å². The monoisotopic (exact) mass is 449 g/mol. The summed E-state index contributed by atoms with van der Waals surface area (Å²) in [5, 5.41) is 2.95. The lowest BCUT2D eigenvalue weighted by Crippen LogP contribution is -2.21. The number of nitrogens with zero attached hydrogens (tertiary/aromatic N) is 2. The molecule has 0 aliphatic heterocycles. The van der Waals surface area contributed by atoms with Crippen molar-refractivity contribution in [1.29, 1.82) is 0 Å². The smallest absolute Gasteiger partial charge is 0.244 e. The van der Waals surface area contributed by atoms with Gasteiger partial charge < -0.3 is 14.6 Å². The largest absolute Gasteiger partial charge is 0.486 e. The van der Waals surface area contributed by atoms with Gasteiger partial charge in [0.25, 0.3) is 0 Å². The van der Waals surface area contributed by atoms with Crippen LogP contribution in [0.25, 0.3) is 11.0 Å². The van der Waals surface area contributed by atoms with E-state index in [4.69, 9.17) is 4.74 Å². The molecule has 1 heterocycles. The standard InChI is InChI=1S/C23H20BrN3O2/c1-16-10-12-17(13-11-16)29-15-22-25-20-8-4-5-9-21(20)27(22)14-23(28)26-19-7-3-2-6-18(19)24/h2-13H,14-15H2,1H3,(H,26,28). The fourth-order valence-corrected chi connectivity index (χ4v) is 3.47. The maximum absolute atomic E-state index is 12.7. The number of carbonyl (C=O) groups is 1. The Morgan fingerprint density at radius 2 is 1.76 bits per heavy atom. The van der Waals surface area contributed by atoms with Crippen LogP contribution in [0, 0.1) is 6.92 Å². The van der Waals surface area contributed by atoms with Crippen molar-refractivity contribution < 1.29 is 9.53 Å². The number of hydrogen-bond donors (Lipinski definition) is 1. The van der Waals surface area contributed by atoms with Crippen molar-refractivity contribution in [3.8, 4) is 5.75 Å². The van der Waals surface area contributed by atoms with Crippen LogP contribution in [-0.4, -0.2) is 15.5 Å². The molecule has 0 saturated heterocycles. The van der Waals surface area contributed by atoms with Gasteiger partial charge in [0.15, 0.2) is 0 Å². The third kappa shape index (κ3) is 4.49. The summed E-state index contributed by atoms with van der Waals surface area (Å²) in [5.74, 6) is 1.34. The molecule has 146 valence electrons. The van der Waals surface area contributed by atoms with Gasteiger partial charge in [-0.1, -0.05) is 42.0 Å². The van der Waals surface area contributed by atoms with Crippen molar-refractivity contribution in [2.45, 2.75) is 20.1 Å². The summed E-state index contributed by atoms with van der Waals surface area (Å²) in [6, 6.07) is 23.2. The minimum Gasteiger partial charge on any atom is -0.486 e. The molecular weight excluding hydrogens is 430 g/mol. The van der Waals surface area contributed by atoms with Gasteiger partial charge in [-0.05, 0) is 59.3 Å². The number of amides is 1. The van der Waals surface area contributed by atoms with Gasteiger partial charge in [0, 0.05) is 4.47 Å². The predicted octanol–water partition coefficient (Wildman–Crippen LogP) is 5.32. The first-order valence-corrected chi connectivity index (χ1v) is 10.1. The summed E-state index contributed by atoms with van der Waals surface area (Å²) in [4.78, 5) is 17.4. The lowest BCUT2D eigenvalue weighted by molar-refractivity contribution is -0.116. The average molecular weight is 450 g/mol. The number of rotatable bonds is 6. The Hall–Kier alpha value is -3.12. The highest BCUT2D eigenvalue weighted by molar-refractivity contribution is 9.10. The van der Waals surface area contributed by atoms with Crippen molar-refractivity contribution >= 4 is 38.6 Å². The number of nitrogens with one attached hydrogen (secondary N) is 1. The lowest BCUT2D eigenvalue weighted by atomic mass is 10.2. The van der Waals surface area contributed by atoms with E-state index in [1.54, 1.807) is 0 Å². The normalized spacial score (nSPS) is 10.8. The molecule has 0 bridgehead atoms. The molecule has 4 aromatic rings. The van der Waals surface area contributed by atoms with E-state index in [0.29, 0.717) is 5.82 Å². The topological polar surface area (TPSA) is 56.2 Å². The Labute approximate surface area is 177 Å². The number of aromatic nitrogens is 2. The summed E-state index contributed by atoms with van der Waals surface area (Å²) in [7, 11) is 0. The Bertz CT molecular complexity index is 1150. The van der Waals surface area contributed by atoms with Gasteiger partial charge >= 0.3 is 0 Å². The lowest BCUT2D eigenvalue weighted by Gasteiger charge is -2.12. The molecule has 0 saturated carbocycles. The molecule has 0 radical (unpaired) electrons. The molecule has 0 aliphatic rings. The van der Waals surface area contributed by atoms with E-state index in [1.165, 1.54) is 5.56 Å². The van der Waals surface area contributed by atoms with Crippen molar-refractivity contribution in [2.24, 2.45) is 0 Å². The predicted molar refractivity (Wildman–Crippen MR) is 118 cm³/mol. The molecule has 1 N–H and O–H groups in total. The van der Waals surface area contributed by atoms with Crippen LogP contribution in [-0.2, 0) is 17.9 Å². The molecule has 6 heteroatoms. The third-order valence-corrected chi connectivity index (χ3v) is 5.26. The summed E-state index contributed by atoms with van der Waals surface area (Å²) >= 11 is 3.46. The van der Waals surface area contributed by atoms with E-state index < -0.39 is 0 Å². The van der Waals surface area contributed by atoms with Crippen LogP contribution < -0.4 is 10.1 Å². The Balaban J connectivity index is 1.57. The van der Waals surface area contributed by atoms with Gasteiger partial charge in [-0.15, -0.1) is 0 Å². The first kappa shape index (κ1) is 19.2. The summed E-state index contributed by atoms with van der Waals surface area (Å²) in [6.45, 7) is 2.46. The van der Waals surface area contributed by atoms with E-state index in [9.17, 15) is 4.79 Å². The minimum absolute atomic E-state index is 0.128. The van der Waals surface area contributed by atoms with Crippen LogP contribution in [0.4, 0.5) is 5.69 Å². The van der Waals surface area contributed by atoms with Gasteiger partial charge in [-0.25, -0.2) is 4.98 Å². The number of aryl methyl sites for hydroxylation is 1. The molecule has 29 heavy (non-hydrogen) atoms. The number of benzene rings is 3. The van der Waals surface area contributed by atoms with Crippen molar-refractivity contribution in [3.05, 3.63) is 88.7 Å². The van der Waals surface area contributed by atoms with Crippen molar-refractivity contribution in [3.63, 3.8) is 0 Å². The van der Waals surface area contributed by atoms with Crippen LogP contribution in [0.5, 0.6) is 5.75 Å². The first-order chi connectivity index (χ1) is 14.1. The average Bonchev–Trinajstić information content (AvgIpc) is 3.07. The van der Waals surface area contributed by atoms with Crippen LogP contribution in [0.15, 0.2) is 77.3 Å². The van der Waals surface area contributed by atoms with E-state index in [-0.39, 0.29) is 19.1 Å². The summed E-state index contributed by atoms with van der Waals surface area (Å²) in [5.41, 5.74) is 3.65. The van der Waals surface area contributed by atoms with Crippen LogP contribution in [0.3, 0.4) is 0 Å². The Kier molecular flexibility index (Phi) is 5.62. The Morgan fingerprint density at radius 1 is 1.03 bits per heavy atom. The van der Waals surface area contributed by atoms with Gasteiger partial charge in [0.05, 0.1) is 16.7 Å². The molecule has 5 nitrogen and oxygen atoms in total. The minimum atomic E-state index is -0.128. The highest BCUT2D eigenvalue weighted by Crippen LogP contribution is 2.22. The second-order valence-corrected chi connectivity index (χ2v) is 7.59. The molecular formula is C23H20BrN3O2. The SMILES string of the molecule is Cc1ccc(OCc2nc3ccccc3n2CC(=O)Nc2ccccc2Br)cc1. The number of carbonyl (C=O) groups excluding carboxylic acids is 1. The quantitative estimate of drug-likeness (QED) is 0.432. The number of imidazole rings is 1. The third-order valence-electron chi connectivity index (χ3n) is 4.57. The Morgan fingerprint density at radius 3 is 2.55 bits per heavy atom. The van der Waals surface area contributed by atoms with Gasteiger partial charge in [0.1, 0.15) is 24.7 Å². The van der Waals surface area contributed by atoms with E-state index in [1.807, 2.05) is 84.3 Å². The maximum Gasteiger partial charge on any atom is 0.244 e. The van der Waals surface area contributed by atoms with Crippen LogP contribution in [0.1, 0.15) is 11.4 Å². The zero-order valence-electron chi connectivity index (χ0n) is 15.9. The van der Waals surface area contributed by atoms with Crippen LogP contribution in [0.2, 0.25) is 0 Å². The first-order valence-electron chi connectivity index (χ1n) is 9.28. The second kappa shape index (κ2) is 8.49. The zero-order valence-corrected chi connectivity index (χ0v) is 17.5. The molecule has 0 unspecified atom stereocenters. The molecule has 1 amide bonds. The number of fused-ring (bicyclic) bond motifs is 1. The van der Waals surface area contributed by atoms with Gasteiger partial charge in [-0.3, -0.25) is 4.79 Å². The second-order valence-electron chi connectivity index (χ2n) is 6.73. The van der Waals surface area contributed by atoms with Crippen molar-refractivity contribution in [1.82, 2.24) is 9.55 Å². The zero-order chi connectivity index (χ0) is 20.2. The maximum atomic E-state index is 12.7.